The first-order chi connectivity index (χ1) is 11.9. The first kappa shape index (κ1) is 20.2. The second kappa shape index (κ2) is 6.89. The maximum atomic E-state index is 13.4. The highest BCUT2D eigenvalue weighted by molar-refractivity contribution is 7.83. The summed E-state index contributed by atoms with van der Waals surface area (Å²) in [6.07, 6.45) is -10.9. The lowest BCUT2D eigenvalue weighted by Crippen LogP contribution is -2.28. The largest absolute Gasteiger partial charge is 0.417 e. The molecule has 0 N–H and O–H groups in total. The van der Waals surface area contributed by atoms with Crippen LogP contribution < -0.4 is 5.30 Å². The molecule has 26 heavy (non-hydrogen) atoms. The van der Waals surface area contributed by atoms with Crippen molar-refractivity contribution in [2.75, 3.05) is 7.11 Å². The van der Waals surface area contributed by atoms with Crippen LogP contribution in [0, 0.1) is 0 Å². The molecule has 0 aliphatic rings. The normalized spacial score (nSPS) is 14.7. The number of rotatable bonds is 4. The summed E-state index contributed by atoms with van der Waals surface area (Å²) in [6.45, 7) is 0. The third-order valence-corrected chi connectivity index (χ3v) is 5.81. The van der Waals surface area contributed by atoms with Gasteiger partial charge in [0.15, 0.2) is 0 Å². The van der Waals surface area contributed by atoms with Gasteiger partial charge in [0.05, 0.1) is 16.4 Å². The number of hydrogen-bond acceptors (Lipinski definition) is 3. The van der Waals surface area contributed by atoms with Gasteiger partial charge >= 0.3 is 19.7 Å². The van der Waals surface area contributed by atoms with Gasteiger partial charge in [-0.2, -0.15) is 26.3 Å². The summed E-state index contributed by atoms with van der Waals surface area (Å²) < 4.78 is 96.9. The Morgan fingerprint density at radius 2 is 1.46 bits per heavy atom. The molecule has 10 heteroatoms. The molecule has 0 fully saturated rings. The number of carbonyl (C=O) groups excluding carboxylic acids is 1. The smallest absolute Gasteiger partial charge is 0.323 e. The van der Waals surface area contributed by atoms with Crippen LogP contribution in [0.2, 0.25) is 0 Å². The van der Waals surface area contributed by atoms with Crippen molar-refractivity contribution in [1.82, 2.24) is 0 Å². The maximum Gasteiger partial charge on any atom is 0.417 e. The summed E-state index contributed by atoms with van der Waals surface area (Å²) >= 11 is 0. The molecule has 140 valence electrons. The fourth-order valence-corrected chi connectivity index (χ4v) is 4.26. The summed E-state index contributed by atoms with van der Waals surface area (Å²) in [5.74, 6) is 0. The van der Waals surface area contributed by atoms with Gasteiger partial charge in [-0.1, -0.05) is 36.4 Å². The minimum absolute atomic E-state index is 0.208. The van der Waals surface area contributed by atoms with Crippen molar-refractivity contribution in [3.63, 3.8) is 0 Å². The van der Waals surface area contributed by atoms with Gasteiger partial charge < -0.3 is 4.52 Å². The van der Waals surface area contributed by atoms with Crippen LogP contribution in [0.4, 0.5) is 26.3 Å². The highest BCUT2D eigenvalue weighted by Crippen LogP contribution is 2.52. The van der Waals surface area contributed by atoms with E-state index in [0.717, 1.165) is 0 Å². The first-order valence-corrected chi connectivity index (χ1v) is 8.59. The Morgan fingerprint density at radius 1 is 0.885 bits per heavy atom. The maximum absolute atomic E-state index is 13.4. The molecule has 0 saturated heterocycles. The molecule has 0 amide bonds. The molecule has 0 heterocycles. The molecule has 0 aromatic heterocycles. The van der Waals surface area contributed by atoms with E-state index in [0.29, 0.717) is 19.2 Å². The average molecular weight is 396 g/mol. The SMILES string of the molecule is COP(=O)(C(=O)c1ccccc1)c1cccc(C(F)(F)F)c1C(F)(F)F. The van der Waals surface area contributed by atoms with Crippen molar-refractivity contribution in [2.45, 2.75) is 12.4 Å². The van der Waals surface area contributed by atoms with Crippen LogP contribution in [-0.4, -0.2) is 12.6 Å². The number of alkyl halides is 6. The molecule has 0 radical (unpaired) electrons. The lowest BCUT2D eigenvalue weighted by Gasteiger charge is -2.23. The Labute approximate surface area is 144 Å². The van der Waals surface area contributed by atoms with Gasteiger partial charge in [0.25, 0.3) is 5.52 Å². The van der Waals surface area contributed by atoms with Gasteiger partial charge in [0.1, 0.15) is 0 Å². The van der Waals surface area contributed by atoms with E-state index in [2.05, 4.69) is 4.52 Å². The van der Waals surface area contributed by atoms with Crippen LogP contribution in [0.25, 0.3) is 0 Å². The van der Waals surface area contributed by atoms with Crippen LogP contribution in [0.3, 0.4) is 0 Å². The summed E-state index contributed by atoms with van der Waals surface area (Å²) in [6, 6.07) is 8.00. The van der Waals surface area contributed by atoms with E-state index < -0.39 is 41.7 Å². The molecule has 3 nitrogen and oxygen atoms in total. The number of carbonyl (C=O) groups is 1. The van der Waals surface area contributed by atoms with E-state index in [1.54, 1.807) is 0 Å². The van der Waals surface area contributed by atoms with E-state index >= 15 is 0 Å². The molecule has 0 saturated carbocycles. The molecular formula is C16H11F6O3P. The predicted octanol–water partition coefficient (Wildman–Crippen LogP) is 5.11. The van der Waals surface area contributed by atoms with Crippen molar-refractivity contribution < 1.29 is 40.2 Å². The molecule has 2 rings (SSSR count). The Hall–Kier alpha value is -2.12. The lowest BCUT2D eigenvalue weighted by molar-refractivity contribution is -0.161. The topological polar surface area (TPSA) is 43.4 Å². The molecule has 1 atom stereocenters. The van der Waals surface area contributed by atoms with Crippen LogP contribution >= 0.6 is 7.37 Å². The van der Waals surface area contributed by atoms with Gasteiger partial charge in [-0.15, -0.1) is 0 Å². The van der Waals surface area contributed by atoms with Crippen LogP contribution in [0.15, 0.2) is 48.5 Å². The van der Waals surface area contributed by atoms with Crippen molar-refractivity contribution in [3.8, 4) is 0 Å². The van der Waals surface area contributed by atoms with Gasteiger partial charge in [0, 0.05) is 12.7 Å². The molecule has 0 bridgehead atoms. The summed E-state index contributed by atoms with van der Waals surface area (Å²) in [7, 11) is -4.24. The minimum atomic E-state index is -5.51. The number of benzene rings is 2. The Bertz CT molecular complexity index is 859. The summed E-state index contributed by atoms with van der Waals surface area (Å²) in [4.78, 5) is 12.5. The standard InChI is InChI=1S/C16H11F6O3P/c1-25-26(24,14(23)10-6-3-2-4-7-10)12-9-5-8-11(15(17,18)19)13(12)16(20,21)22/h2-9H,1H3. The molecule has 2 aromatic carbocycles. The zero-order valence-electron chi connectivity index (χ0n) is 13.1. The fourth-order valence-electron chi connectivity index (χ4n) is 2.36. The zero-order chi connectivity index (χ0) is 19.8. The third-order valence-electron chi connectivity index (χ3n) is 3.49. The van der Waals surface area contributed by atoms with Crippen molar-refractivity contribution in [3.05, 3.63) is 65.2 Å². The monoisotopic (exact) mass is 396 g/mol. The van der Waals surface area contributed by atoms with Crippen LogP contribution in [-0.2, 0) is 21.4 Å². The van der Waals surface area contributed by atoms with Crippen molar-refractivity contribution in [1.29, 1.82) is 0 Å². The Morgan fingerprint density at radius 3 is 1.92 bits per heavy atom. The van der Waals surface area contributed by atoms with E-state index in [4.69, 9.17) is 0 Å². The van der Waals surface area contributed by atoms with Crippen LogP contribution in [0.1, 0.15) is 21.5 Å². The third kappa shape index (κ3) is 3.68. The van der Waals surface area contributed by atoms with E-state index in [1.165, 1.54) is 30.3 Å². The van der Waals surface area contributed by atoms with Crippen molar-refractivity contribution in [2.24, 2.45) is 0 Å². The number of halogens is 6. The van der Waals surface area contributed by atoms with Gasteiger partial charge in [-0.05, 0) is 12.1 Å². The quantitative estimate of drug-likeness (QED) is 0.533. The van der Waals surface area contributed by atoms with Gasteiger partial charge in [0.2, 0.25) is 0 Å². The molecule has 2 aromatic rings. The molecular weight excluding hydrogens is 385 g/mol. The molecule has 1 unspecified atom stereocenters. The highest BCUT2D eigenvalue weighted by Gasteiger charge is 2.49. The second-order valence-corrected chi connectivity index (χ2v) is 7.46. The number of hydrogen-bond donors (Lipinski definition) is 0. The van der Waals surface area contributed by atoms with Gasteiger partial charge in [-0.25, -0.2) is 0 Å². The average Bonchev–Trinajstić information content (AvgIpc) is 2.59. The van der Waals surface area contributed by atoms with Gasteiger partial charge in [-0.3, -0.25) is 9.36 Å². The van der Waals surface area contributed by atoms with E-state index in [1.807, 2.05) is 0 Å². The predicted molar refractivity (Wildman–Crippen MR) is 81.5 cm³/mol. The molecule has 0 aliphatic heterocycles. The zero-order valence-corrected chi connectivity index (χ0v) is 14.0. The molecule has 0 aliphatic carbocycles. The Balaban J connectivity index is 2.80. The van der Waals surface area contributed by atoms with Crippen molar-refractivity contribution >= 4 is 18.2 Å². The fraction of sp³-hybridized carbons (Fsp3) is 0.188. The summed E-state index contributed by atoms with van der Waals surface area (Å²) in [5.41, 5.74) is -5.81. The molecule has 0 spiro atoms. The van der Waals surface area contributed by atoms with E-state index in [-0.39, 0.29) is 11.6 Å². The Kier molecular flexibility index (Phi) is 5.35. The lowest BCUT2D eigenvalue weighted by atomic mass is 10.1. The summed E-state index contributed by atoms with van der Waals surface area (Å²) in [5, 5.41) is -1.34. The second-order valence-electron chi connectivity index (χ2n) is 5.10. The first-order valence-electron chi connectivity index (χ1n) is 6.96. The van der Waals surface area contributed by atoms with E-state index in [9.17, 15) is 35.7 Å². The van der Waals surface area contributed by atoms with Crippen LogP contribution in [0.5, 0.6) is 0 Å². The highest BCUT2D eigenvalue weighted by atomic mass is 31.2. The minimum Gasteiger partial charge on any atom is -0.323 e.